The fourth-order valence-electron chi connectivity index (χ4n) is 3.99. The van der Waals surface area contributed by atoms with Crippen LogP contribution in [0.2, 0.25) is 0 Å². The van der Waals surface area contributed by atoms with Crippen molar-refractivity contribution in [2.75, 3.05) is 13.7 Å². The van der Waals surface area contributed by atoms with Crippen molar-refractivity contribution >= 4 is 11.7 Å². The van der Waals surface area contributed by atoms with Gasteiger partial charge in [0, 0.05) is 11.5 Å². The minimum Gasteiger partial charge on any atom is -0.489 e. The summed E-state index contributed by atoms with van der Waals surface area (Å²) < 4.78 is 11.8. The first kappa shape index (κ1) is 25.5. The number of rotatable bonds is 12. The highest BCUT2D eigenvalue weighted by Gasteiger charge is 2.17. The number of ether oxygens (including phenoxy) is 2. The lowest BCUT2D eigenvalue weighted by Gasteiger charge is -2.16. The number of carboxylic acids is 1. The first-order chi connectivity index (χ1) is 18.1. The van der Waals surface area contributed by atoms with Gasteiger partial charge >= 0.3 is 5.97 Å². The number of oxime groups is 1. The van der Waals surface area contributed by atoms with Gasteiger partial charge in [-0.2, -0.15) is 0 Å². The molecule has 1 unspecified atom stereocenters. The zero-order chi connectivity index (χ0) is 25.9. The Labute approximate surface area is 216 Å². The van der Waals surface area contributed by atoms with E-state index in [-0.39, 0.29) is 18.9 Å². The highest BCUT2D eigenvalue weighted by atomic mass is 16.6. The van der Waals surface area contributed by atoms with Gasteiger partial charge in [-0.3, -0.25) is 4.79 Å². The maximum Gasteiger partial charge on any atom is 0.304 e. The Morgan fingerprint density at radius 2 is 1.32 bits per heavy atom. The monoisotopic (exact) mass is 495 g/mol. The van der Waals surface area contributed by atoms with E-state index < -0.39 is 5.97 Å². The van der Waals surface area contributed by atoms with Crippen LogP contribution in [0.4, 0.5) is 0 Å². The van der Waals surface area contributed by atoms with E-state index in [0.29, 0.717) is 12.3 Å². The van der Waals surface area contributed by atoms with Crippen LogP contribution in [0.1, 0.15) is 34.6 Å². The second-order valence-corrected chi connectivity index (χ2v) is 8.44. The summed E-state index contributed by atoms with van der Waals surface area (Å²) in [7, 11) is 1.52. The molecular weight excluding hydrogens is 466 g/mol. The van der Waals surface area contributed by atoms with E-state index in [9.17, 15) is 9.90 Å². The minimum absolute atomic E-state index is 0.0306. The summed E-state index contributed by atoms with van der Waals surface area (Å²) >= 11 is 0. The molecule has 0 fully saturated rings. The third kappa shape index (κ3) is 7.45. The van der Waals surface area contributed by atoms with Crippen LogP contribution in [0.3, 0.4) is 0 Å². The van der Waals surface area contributed by atoms with Crippen LogP contribution in [-0.4, -0.2) is 30.5 Å². The standard InChI is InChI=1S/C31H29NO5/c1-35-32-30(26-10-6-3-7-11-26)22-37-27-16-12-23(13-17-27)21-36-28-18-14-25(15-19-28)29(20-31(33)34)24-8-4-2-5-9-24/h2-19,29H,20-22H2,1H3,(H,33,34)/b32-30+. The number of carbonyl (C=O) groups is 1. The fourth-order valence-corrected chi connectivity index (χ4v) is 3.99. The minimum atomic E-state index is -0.830. The number of carboxylic acid groups (broad SMARTS) is 1. The molecule has 0 spiro atoms. The third-order valence-corrected chi connectivity index (χ3v) is 5.88. The van der Waals surface area contributed by atoms with E-state index in [0.717, 1.165) is 33.8 Å². The average molecular weight is 496 g/mol. The molecule has 0 saturated heterocycles. The molecule has 1 N–H and O–H groups in total. The van der Waals surface area contributed by atoms with E-state index >= 15 is 0 Å². The molecule has 0 bridgehead atoms. The first-order valence-electron chi connectivity index (χ1n) is 12.0. The maximum absolute atomic E-state index is 11.4. The number of nitrogens with zero attached hydrogens (tertiary/aromatic N) is 1. The highest BCUT2D eigenvalue weighted by molar-refractivity contribution is 6.01. The average Bonchev–Trinajstić information content (AvgIpc) is 2.94. The van der Waals surface area contributed by atoms with Gasteiger partial charge in [0.1, 0.15) is 37.5 Å². The molecule has 0 heterocycles. The van der Waals surface area contributed by atoms with Crippen molar-refractivity contribution in [3.8, 4) is 11.5 Å². The lowest BCUT2D eigenvalue weighted by Crippen LogP contribution is -2.13. The van der Waals surface area contributed by atoms with Gasteiger partial charge in [-0.05, 0) is 41.0 Å². The van der Waals surface area contributed by atoms with Crippen molar-refractivity contribution in [1.82, 2.24) is 0 Å². The van der Waals surface area contributed by atoms with Crippen LogP contribution in [0.15, 0.2) is 114 Å². The van der Waals surface area contributed by atoms with E-state index in [2.05, 4.69) is 5.16 Å². The molecular formula is C31H29NO5. The van der Waals surface area contributed by atoms with E-state index in [1.165, 1.54) is 7.11 Å². The lowest BCUT2D eigenvalue weighted by molar-refractivity contribution is -0.137. The Morgan fingerprint density at radius 3 is 1.95 bits per heavy atom. The zero-order valence-electron chi connectivity index (χ0n) is 20.6. The largest absolute Gasteiger partial charge is 0.489 e. The normalized spacial score (nSPS) is 12.0. The molecule has 0 saturated carbocycles. The second kappa shape index (κ2) is 12.9. The number of aliphatic carboxylic acids is 1. The van der Waals surface area contributed by atoms with Gasteiger partial charge in [0.25, 0.3) is 0 Å². The molecule has 4 aromatic carbocycles. The fraction of sp³-hybridized carbons (Fsp3) is 0.161. The summed E-state index contributed by atoms with van der Waals surface area (Å²) in [5.74, 6) is 0.397. The van der Waals surface area contributed by atoms with Crippen LogP contribution in [0, 0.1) is 0 Å². The van der Waals surface area contributed by atoms with Gasteiger partial charge < -0.3 is 19.4 Å². The van der Waals surface area contributed by atoms with Crippen LogP contribution >= 0.6 is 0 Å². The molecule has 37 heavy (non-hydrogen) atoms. The Kier molecular flexibility index (Phi) is 8.92. The zero-order valence-corrected chi connectivity index (χ0v) is 20.6. The SMILES string of the molecule is CO/N=C(\COc1ccc(COc2ccc(C(CC(=O)O)c3ccccc3)cc2)cc1)c1ccccc1. The molecule has 4 aromatic rings. The number of hydrogen-bond donors (Lipinski definition) is 1. The molecule has 0 aliphatic rings. The van der Waals surface area contributed by atoms with E-state index in [1.807, 2.05) is 109 Å². The second-order valence-electron chi connectivity index (χ2n) is 8.44. The lowest BCUT2D eigenvalue weighted by atomic mass is 9.88. The van der Waals surface area contributed by atoms with Gasteiger partial charge in [-0.1, -0.05) is 90.1 Å². The van der Waals surface area contributed by atoms with Crippen LogP contribution in [0.25, 0.3) is 0 Å². The molecule has 188 valence electrons. The predicted molar refractivity (Wildman–Crippen MR) is 143 cm³/mol. The Bertz CT molecular complexity index is 1290. The van der Waals surface area contributed by atoms with Crippen molar-refractivity contribution in [3.63, 3.8) is 0 Å². The quantitative estimate of drug-likeness (QED) is 0.184. The number of hydrogen-bond acceptors (Lipinski definition) is 5. The summed E-state index contributed by atoms with van der Waals surface area (Å²) in [6.07, 6.45) is 0.0306. The van der Waals surface area contributed by atoms with Crippen molar-refractivity contribution in [2.45, 2.75) is 18.9 Å². The van der Waals surface area contributed by atoms with Crippen LogP contribution in [-0.2, 0) is 16.2 Å². The molecule has 0 aliphatic heterocycles. The van der Waals surface area contributed by atoms with Crippen molar-refractivity contribution in [3.05, 3.63) is 131 Å². The van der Waals surface area contributed by atoms with Crippen molar-refractivity contribution < 1.29 is 24.2 Å². The molecule has 6 heteroatoms. The summed E-state index contributed by atoms with van der Waals surface area (Å²) in [5.41, 5.74) is 4.56. The van der Waals surface area contributed by atoms with Crippen molar-refractivity contribution in [1.29, 1.82) is 0 Å². The van der Waals surface area contributed by atoms with Gasteiger partial charge in [-0.25, -0.2) is 0 Å². The van der Waals surface area contributed by atoms with Gasteiger partial charge in [0.2, 0.25) is 0 Å². The highest BCUT2D eigenvalue weighted by Crippen LogP contribution is 2.29. The Balaban J connectivity index is 1.33. The smallest absolute Gasteiger partial charge is 0.304 e. The maximum atomic E-state index is 11.4. The Morgan fingerprint density at radius 1 is 0.757 bits per heavy atom. The number of benzene rings is 4. The van der Waals surface area contributed by atoms with E-state index in [1.54, 1.807) is 0 Å². The molecule has 1 atom stereocenters. The van der Waals surface area contributed by atoms with Gasteiger partial charge in [0.15, 0.2) is 0 Å². The van der Waals surface area contributed by atoms with E-state index in [4.69, 9.17) is 14.3 Å². The summed E-state index contributed by atoms with van der Waals surface area (Å²) in [6, 6.07) is 34.8. The predicted octanol–water partition coefficient (Wildman–Crippen LogP) is 6.30. The Hall–Kier alpha value is -4.58. The van der Waals surface area contributed by atoms with Crippen LogP contribution < -0.4 is 9.47 Å². The molecule has 0 radical (unpaired) electrons. The molecule has 0 amide bonds. The van der Waals surface area contributed by atoms with Crippen LogP contribution in [0.5, 0.6) is 11.5 Å². The molecule has 0 aromatic heterocycles. The summed E-state index contributed by atoms with van der Waals surface area (Å²) in [6.45, 7) is 0.684. The topological polar surface area (TPSA) is 77.3 Å². The third-order valence-electron chi connectivity index (χ3n) is 5.88. The molecule has 6 nitrogen and oxygen atoms in total. The van der Waals surface area contributed by atoms with Gasteiger partial charge in [0.05, 0.1) is 6.42 Å². The van der Waals surface area contributed by atoms with Gasteiger partial charge in [-0.15, -0.1) is 0 Å². The summed E-state index contributed by atoms with van der Waals surface area (Å²) in [5, 5.41) is 13.5. The first-order valence-corrected chi connectivity index (χ1v) is 12.0. The summed E-state index contributed by atoms with van der Waals surface area (Å²) in [4.78, 5) is 16.4. The molecule has 0 aliphatic carbocycles. The van der Waals surface area contributed by atoms with Crippen molar-refractivity contribution in [2.24, 2.45) is 5.16 Å². The molecule has 4 rings (SSSR count).